The summed E-state index contributed by atoms with van der Waals surface area (Å²) in [7, 11) is 2.03. The van der Waals surface area contributed by atoms with Crippen molar-refractivity contribution in [3.8, 4) is 0 Å². The Morgan fingerprint density at radius 2 is 2.06 bits per heavy atom. The van der Waals surface area contributed by atoms with E-state index in [1.165, 1.54) is 42.8 Å². The second-order valence-corrected chi connectivity index (χ2v) is 6.74. The van der Waals surface area contributed by atoms with E-state index in [0.29, 0.717) is 11.8 Å². The molecule has 0 spiro atoms. The number of hydrogen-bond acceptors (Lipinski definition) is 3. The molecule has 0 amide bonds. The summed E-state index contributed by atoms with van der Waals surface area (Å²) < 4.78 is 0. The lowest BCUT2D eigenvalue weighted by Gasteiger charge is -2.20. The molecule has 2 rings (SSSR count). The van der Waals surface area contributed by atoms with E-state index in [1.807, 2.05) is 18.4 Å². The molecule has 1 N–H and O–H groups in total. The summed E-state index contributed by atoms with van der Waals surface area (Å²) in [5.41, 5.74) is 1.37. The van der Waals surface area contributed by atoms with E-state index in [9.17, 15) is 0 Å². The predicted molar refractivity (Wildman–Crippen MR) is 79.4 cm³/mol. The fraction of sp³-hybridized carbons (Fsp3) is 0.800. The van der Waals surface area contributed by atoms with Crippen LogP contribution in [0.25, 0.3) is 0 Å². The third-order valence-corrected chi connectivity index (χ3v) is 5.10. The van der Waals surface area contributed by atoms with E-state index in [2.05, 4.69) is 24.5 Å². The van der Waals surface area contributed by atoms with Gasteiger partial charge in [-0.1, -0.05) is 33.1 Å². The van der Waals surface area contributed by atoms with Gasteiger partial charge in [0, 0.05) is 23.8 Å². The molecule has 2 nitrogen and oxygen atoms in total. The van der Waals surface area contributed by atoms with Crippen molar-refractivity contribution in [1.29, 1.82) is 0 Å². The number of hydrogen-bond donors (Lipinski definition) is 1. The molecule has 0 aliphatic heterocycles. The maximum absolute atomic E-state index is 4.95. The van der Waals surface area contributed by atoms with Crippen molar-refractivity contribution in [2.45, 2.75) is 57.8 Å². The number of nitrogens with one attached hydrogen (secondary N) is 1. The smallest absolute Gasteiger partial charge is 0.0974 e. The van der Waals surface area contributed by atoms with Crippen LogP contribution in [0.4, 0.5) is 0 Å². The first-order valence-electron chi connectivity index (χ1n) is 7.32. The summed E-state index contributed by atoms with van der Waals surface area (Å²) in [4.78, 5) is 4.95. The van der Waals surface area contributed by atoms with Gasteiger partial charge in [0.05, 0.1) is 10.7 Å². The van der Waals surface area contributed by atoms with Gasteiger partial charge in [-0.3, -0.25) is 0 Å². The molecule has 102 valence electrons. The third kappa shape index (κ3) is 3.33. The molecular weight excluding hydrogens is 240 g/mol. The molecule has 1 atom stereocenters. The fourth-order valence-electron chi connectivity index (χ4n) is 2.88. The van der Waals surface area contributed by atoms with Gasteiger partial charge in [-0.05, 0) is 25.8 Å². The molecule has 1 unspecified atom stereocenters. The first-order chi connectivity index (χ1) is 8.72. The number of thiazole rings is 1. The van der Waals surface area contributed by atoms with Gasteiger partial charge < -0.3 is 5.32 Å². The van der Waals surface area contributed by atoms with E-state index in [0.717, 1.165) is 12.5 Å². The molecule has 1 aliphatic rings. The van der Waals surface area contributed by atoms with Crippen LogP contribution in [-0.2, 0) is 0 Å². The third-order valence-electron chi connectivity index (χ3n) is 4.11. The summed E-state index contributed by atoms with van der Waals surface area (Å²) >= 11 is 1.87. The number of aromatic nitrogens is 1. The highest BCUT2D eigenvalue weighted by Crippen LogP contribution is 2.35. The van der Waals surface area contributed by atoms with Crippen LogP contribution in [0.15, 0.2) is 5.38 Å². The number of likely N-dealkylation sites (N-methyl/N-ethyl adjacent to an activating group) is 1. The van der Waals surface area contributed by atoms with E-state index < -0.39 is 0 Å². The Balaban J connectivity index is 2.07. The number of nitrogens with zero attached hydrogens (tertiary/aromatic N) is 1. The molecule has 1 aromatic heterocycles. The molecule has 1 fully saturated rings. The average molecular weight is 266 g/mol. The van der Waals surface area contributed by atoms with Crippen LogP contribution in [0, 0.1) is 5.92 Å². The predicted octanol–water partition coefficient (Wildman–Crippen LogP) is 4.15. The summed E-state index contributed by atoms with van der Waals surface area (Å²) in [6.45, 7) is 5.63. The summed E-state index contributed by atoms with van der Waals surface area (Å²) in [6, 6.07) is 0. The monoisotopic (exact) mass is 266 g/mol. The second kappa shape index (κ2) is 6.67. The lowest BCUT2D eigenvalue weighted by atomic mass is 9.87. The van der Waals surface area contributed by atoms with Crippen LogP contribution in [0.3, 0.4) is 0 Å². The van der Waals surface area contributed by atoms with Crippen molar-refractivity contribution >= 4 is 11.3 Å². The minimum Gasteiger partial charge on any atom is -0.319 e. The van der Waals surface area contributed by atoms with Crippen LogP contribution >= 0.6 is 11.3 Å². The Morgan fingerprint density at radius 1 is 1.33 bits per heavy atom. The normalized spacial score (nSPS) is 19.3. The van der Waals surface area contributed by atoms with E-state index >= 15 is 0 Å². The minimum atomic E-state index is 0.567. The Bertz CT molecular complexity index is 353. The van der Waals surface area contributed by atoms with Crippen LogP contribution in [0.1, 0.15) is 68.5 Å². The Labute approximate surface area is 115 Å². The van der Waals surface area contributed by atoms with Gasteiger partial charge in [0.2, 0.25) is 0 Å². The zero-order valence-corrected chi connectivity index (χ0v) is 12.7. The van der Waals surface area contributed by atoms with Crippen molar-refractivity contribution in [2.24, 2.45) is 5.92 Å². The zero-order valence-electron chi connectivity index (χ0n) is 11.9. The van der Waals surface area contributed by atoms with Gasteiger partial charge in [0.15, 0.2) is 0 Å². The topological polar surface area (TPSA) is 24.9 Å². The molecule has 1 aliphatic carbocycles. The molecule has 1 saturated carbocycles. The molecule has 1 aromatic rings. The zero-order chi connectivity index (χ0) is 13.0. The maximum Gasteiger partial charge on any atom is 0.0974 e. The van der Waals surface area contributed by atoms with Crippen LogP contribution < -0.4 is 5.32 Å². The van der Waals surface area contributed by atoms with Crippen LogP contribution in [-0.4, -0.2) is 18.6 Å². The molecule has 3 heteroatoms. The summed E-state index contributed by atoms with van der Waals surface area (Å²) in [5.74, 6) is 1.96. The average Bonchev–Trinajstić information content (AvgIpc) is 2.86. The van der Waals surface area contributed by atoms with E-state index in [4.69, 9.17) is 4.98 Å². The Hall–Kier alpha value is -0.410. The van der Waals surface area contributed by atoms with Gasteiger partial charge in [-0.15, -0.1) is 11.3 Å². The van der Waals surface area contributed by atoms with Crippen molar-refractivity contribution in [3.63, 3.8) is 0 Å². The van der Waals surface area contributed by atoms with Crippen LogP contribution in [0.2, 0.25) is 0 Å². The van der Waals surface area contributed by atoms with Crippen molar-refractivity contribution in [2.75, 3.05) is 13.6 Å². The summed E-state index contributed by atoms with van der Waals surface area (Å²) in [6.07, 6.45) is 6.90. The van der Waals surface area contributed by atoms with Gasteiger partial charge in [0.25, 0.3) is 0 Å². The molecule has 0 bridgehead atoms. The summed E-state index contributed by atoms with van der Waals surface area (Å²) in [5, 5.41) is 6.95. The van der Waals surface area contributed by atoms with E-state index in [1.54, 1.807) is 0 Å². The first-order valence-corrected chi connectivity index (χ1v) is 8.20. The lowest BCUT2D eigenvalue weighted by molar-refractivity contribution is 0.433. The number of rotatable bonds is 5. The standard InChI is InChI=1S/C15H26N2S/c1-11(2)13(9-16-3)15-17-14(10-18-15)12-7-5-4-6-8-12/h10-13,16H,4-9H2,1-3H3. The fourth-order valence-corrected chi connectivity index (χ4v) is 4.06. The molecule has 0 aromatic carbocycles. The highest BCUT2D eigenvalue weighted by Gasteiger charge is 2.22. The largest absolute Gasteiger partial charge is 0.319 e. The van der Waals surface area contributed by atoms with Gasteiger partial charge in [-0.25, -0.2) is 4.98 Å². The molecule has 18 heavy (non-hydrogen) atoms. The second-order valence-electron chi connectivity index (χ2n) is 5.85. The molecule has 0 saturated heterocycles. The quantitative estimate of drug-likeness (QED) is 0.866. The SMILES string of the molecule is CNCC(c1nc(C2CCCCC2)cs1)C(C)C. The molecular formula is C15H26N2S. The van der Waals surface area contributed by atoms with Crippen LogP contribution in [0.5, 0.6) is 0 Å². The van der Waals surface area contributed by atoms with Crippen molar-refractivity contribution in [1.82, 2.24) is 10.3 Å². The minimum absolute atomic E-state index is 0.567. The lowest BCUT2D eigenvalue weighted by Crippen LogP contribution is -2.21. The van der Waals surface area contributed by atoms with Crippen molar-refractivity contribution < 1.29 is 0 Å². The first kappa shape index (κ1) is 14.0. The highest BCUT2D eigenvalue weighted by molar-refractivity contribution is 7.09. The Morgan fingerprint density at radius 3 is 2.67 bits per heavy atom. The van der Waals surface area contributed by atoms with Crippen molar-refractivity contribution in [3.05, 3.63) is 16.1 Å². The van der Waals surface area contributed by atoms with Gasteiger partial charge >= 0.3 is 0 Å². The van der Waals surface area contributed by atoms with E-state index in [-0.39, 0.29) is 0 Å². The molecule has 0 radical (unpaired) electrons. The maximum atomic E-state index is 4.95. The van der Waals surface area contributed by atoms with Gasteiger partial charge in [0.1, 0.15) is 0 Å². The van der Waals surface area contributed by atoms with Gasteiger partial charge in [-0.2, -0.15) is 0 Å². The molecule has 1 heterocycles. The Kier molecular flexibility index (Phi) is 5.19. The highest BCUT2D eigenvalue weighted by atomic mass is 32.1.